The number of aryl methyl sites for hydroxylation is 1. The highest BCUT2D eigenvalue weighted by molar-refractivity contribution is 5.91. The van der Waals surface area contributed by atoms with Crippen molar-refractivity contribution in [2.24, 2.45) is 5.10 Å². The summed E-state index contributed by atoms with van der Waals surface area (Å²) in [6.45, 7) is 1.23. The number of fused-ring (bicyclic) bond motifs is 2. The van der Waals surface area contributed by atoms with Gasteiger partial charge in [0.1, 0.15) is 0 Å². The third-order valence-corrected chi connectivity index (χ3v) is 4.72. The van der Waals surface area contributed by atoms with E-state index in [1.165, 1.54) is 10.9 Å². The first-order valence-electron chi connectivity index (χ1n) is 8.93. The summed E-state index contributed by atoms with van der Waals surface area (Å²) >= 11 is 0. The summed E-state index contributed by atoms with van der Waals surface area (Å²) in [7, 11) is 0. The summed E-state index contributed by atoms with van der Waals surface area (Å²) in [6, 6.07) is 22.6. The number of carbonyl (C=O) groups is 1. The van der Waals surface area contributed by atoms with Crippen molar-refractivity contribution in [2.75, 3.05) is 18.0 Å². The maximum atomic E-state index is 12.3. The fraction of sp³-hybridized carbons (Fsp3) is 0.182. The second-order valence-electron chi connectivity index (χ2n) is 6.55. The Morgan fingerprint density at radius 1 is 1.04 bits per heavy atom. The first kappa shape index (κ1) is 16.3. The average molecular weight is 343 g/mol. The average Bonchev–Trinajstić information content (AvgIpc) is 2.68. The van der Waals surface area contributed by atoms with Crippen molar-refractivity contribution in [2.45, 2.75) is 12.8 Å². The quantitative estimate of drug-likeness (QED) is 0.579. The molecule has 4 nitrogen and oxygen atoms in total. The van der Waals surface area contributed by atoms with Gasteiger partial charge in [-0.1, -0.05) is 54.6 Å². The van der Waals surface area contributed by atoms with Crippen LogP contribution in [0.1, 0.15) is 17.5 Å². The summed E-state index contributed by atoms with van der Waals surface area (Å²) in [5.74, 6) is -0.0984. The van der Waals surface area contributed by atoms with Crippen LogP contribution in [0.2, 0.25) is 0 Å². The van der Waals surface area contributed by atoms with Gasteiger partial charge in [0.25, 0.3) is 5.91 Å². The van der Waals surface area contributed by atoms with E-state index in [9.17, 15) is 4.79 Å². The highest BCUT2D eigenvalue weighted by atomic mass is 16.2. The third kappa shape index (κ3) is 3.59. The van der Waals surface area contributed by atoms with Crippen LogP contribution in [0.4, 0.5) is 5.69 Å². The van der Waals surface area contributed by atoms with E-state index >= 15 is 0 Å². The summed E-state index contributed by atoms with van der Waals surface area (Å²) in [6.07, 6.45) is 3.84. The Morgan fingerprint density at radius 2 is 1.85 bits per heavy atom. The van der Waals surface area contributed by atoms with Gasteiger partial charge in [-0.3, -0.25) is 4.79 Å². The van der Waals surface area contributed by atoms with Crippen LogP contribution in [0.5, 0.6) is 0 Å². The van der Waals surface area contributed by atoms with E-state index in [1.807, 2.05) is 24.3 Å². The molecule has 0 aromatic heterocycles. The molecule has 0 aliphatic carbocycles. The fourth-order valence-electron chi connectivity index (χ4n) is 3.45. The zero-order valence-corrected chi connectivity index (χ0v) is 14.6. The maximum Gasteiger partial charge on any atom is 0.259 e. The molecule has 0 saturated carbocycles. The number of benzene rings is 3. The predicted molar refractivity (Wildman–Crippen MR) is 107 cm³/mol. The van der Waals surface area contributed by atoms with Crippen LogP contribution in [-0.2, 0) is 11.2 Å². The Hall–Kier alpha value is -3.14. The largest absolute Gasteiger partial charge is 0.362 e. The number of amides is 1. The Labute approximate surface area is 153 Å². The van der Waals surface area contributed by atoms with Crippen LogP contribution in [0.25, 0.3) is 10.8 Å². The Kier molecular flexibility index (Phi) is 4.65. The van der Waals surface area contributed by atoms with Gasteiger partial charge in [0.05, 0.1) is 12.8 Å². The zero-order valence-electron chi connectivity index (χ0n) is 14.6. The molecule has 0 spiro atoms. The molecule has 3 aromatic rings. The summed E-state index contributed by atoms with van der Waals surface area (Å²) in [5, 5.41) is 6.47. The molecule has 0 unspecified atom stereocenters. The van der Waals surface area contributed by atoms with Gasteiger partial charge in [0, 0.05) is 12.2 Å². The van der Waals surface area contributed by atoms with Gasteiger partial charge < -0.3 is 4.90 Å². The molecule has 130 valence electrons. The van der Waals surface area contributed by atoms with Crippen LogP contribution >= 0.6 is 0 Å². The summed E-state index contributed by atoms with van der Waals surface area (Å²) < 4.78 is 0. The molecule has 1 amide bonds. The van der Waals surface area contributed by atoms with E-state index in [0.29, 0.717) is 6.54 Å². The van der Waals surface area contributed by atoms with Gasteiger partial charge in [-0.05, 0) is 46.9 Å². The molecule has 4 heteroatoms. The van der Waals surface area contributed by atoms with E-state index < -0.39 is 0 Å². The minimum atomic E-state index is -0.0984. The van der Waals surface area contributed by atoms with Crippen molar-refractivity contribution in [3.8, 4) is 0 Å². The lowest BCUT2D eigenvalue weighted by molar-refractivity contribution is -0.119. The SMILES string of the molecule is O=C(CN1CCCc2ccccc21)N/N=C\c1ccc2ccccc2c1. The van der Waals surface area contributed by atoms with Gasteiger partial charge in [-0.25, -0.2) is 5.43 Å². The molecule has 1 heterocycles. The second kappa shape index (κ2) is 7.40. The zero-order chi connectivity index (χ0) is 17.8. The normalized spacial score (nSPS) is 13.8. The summed E-state index contributed by atoms with van der Waals surface area (Å²) in [4.78, 5) is 14.4. The monoisotopic (exact) mass is 343 g/mol. The number of rotatable bonds is 4. The smallest absolute Gasteiger partial charge is 0.259 e. The van der Waals surface area contributed by atoms with Crippen molar-refractivity contribution in [3.05, 3.63) is 77.9 Å². The van der Waals surface area contributed by atoms with Crippen molar-refractivity contribution < 1.29 is 4.79 Å². The number of para-hydroxylation sites is 1. The molecule has 0 bridgehead atoms. The number of carbonyl (C=O) groups excluding carboxylic acids is 1. The lowest BCUT2D eigenvalue weighted by Gasteiger charge is -2.30. The third-order valence-electron chi connectivity index (χ3n) is 4.72. The minimum Gasteiger partial charge on any atom is -0.362 e. The molecule has 1 aliphatic heterocycles. The lowest BCUT2D eigenvalue weighted by Crippen LogP contribution is -2.38. The van der Waals surface area contributed by atoms with Crippen molar-refractivity contribution >= 4 is 28.6 Å². The minimum absolute atomic E-state index is 0.0984. The molecule has 0 saturated heterocycles. The van der Waals surface area contributed by atoms with E-state index in [1.54, 1.807) is 6.21 Å². The number of hydrazone groups is 1. The van der Waals surface area contributed by atoms with Gasteiger partial charge in [0.2, 0.25) is 0 Å². The van der Waals surface area contributed by atoms with Gasteiger partial charge >= 0.3 is 0 Å². The van der Waals surface area contributed by atoms with Crippen molar-refractivity contribution in [3.63, 3.8) is 0 Å². The van der Waals surface area contributed by atoms with Crippen LogP contribution in [-0.4, -0.2) is 25.2 Å². The molecule has 1 N–H and O–H groups in total. The highest BCUT2D eigenvalue weighted by Crippen LogP contribution is 2.26. The first-order chi connectivity index (χ1) is 12.8. The Morgan fingerprint density at radius 3 is 2.77 bits per heavy atom. The Balaban J connectivity index is 1.38. The molecule has 0 radical (unpaired) electrons. The maximum absolute atomic E-state index is 12.3. The highest BCUT2D eigenvalue weighted by Gasteiger charge is 2.18. The number of hydrogen-bond donors (Lipinski definition) is 1. The van der Waals surface area contributed by atoms with Gasteiger partial charge in [0.15, 0.2) is 0 Å². The van der Waals surface area contributed by atoms with Crippen molar-refractivity contribution in [1.82, 2.24) is 5.43 Å². The lowest BCUT2D eigenvalue weighted by atomic mass is 10.0. The predicted octanol–water partition coefficient (Wildman–Crippen LogP) is 3.74. The van der Waals surface area contributed by atoms with E-state index in [-0.39, 0.29) is 5.91 Å². The molecule has 1 aliphatic rings. The topological polar surface area (TPSA) is 44.7 Å². The fourth-order valence-corrected chi connectivity index (χ4v) is 3.45. The van der Waals surface area contributed by atoms with Gasteiger partial charge in [-0.2, -0.15) is 5.10 Å². The molecule has 3 aromatic carbocycles. The van der Waals surface area contributed by atoms with Crippen molar-refractivity contribution in [1.29, 1.82) is 0 Å². The van der Waals surface area contributed by atoms with E-state index in [4.69, 9.17) is 0 Å². The summed E-state index contributed by atoms with van der Waals surface area (Å²) in [5.41, 5.74) is 6.08. The van der Waals surface area contributed by atoms with E-state index in [2.05, 4.69) is 57.9 Å². The van der Waals surface area contributed by atoms with Crippen LogP contribution < -0.4 is 10.3 Å². The second-order valence-corrected chi connectivity index (χ2v) is 6.55. The molecule has 26 heavy (non-hydrogen) atoms. The molecule has 0 atom stereocenters. The molecule has 0 fully saturated rings. The number of nitrogens with zero attached hydrogens (tertiary/aromatic N) is 2. The first-order valence-corrected chi connectivity index (χ1v) is 8.93. The number of hydrogen-bond acceptors (Lipinski definition) is 3. The van der Waals surface area contributed by atoms with Crippen LogP contribution in [0.3, 0.4) is 0 Å². The number of anilines is 1. The van der Waals surface area contributed by atoms with Gasteiger partial charge in [-0.15, -0.1) is 0 Å². The molecule has 4 rings (SSSR count). The Bertz CT molecular complexity index is 964. The molecular weight excluding hydrogens is 322 g/mol. The number of nitrogens with one attached hydrogen (secondary N) is 1. The van der Waals surface area contributed by atoms with Crippen LogP contribution in [0.15, 0.2) is 71.8 Å². The van der Waals surface area contributed by atoms with Crippen LogP contribution in [0, 0.1) is 0 Å². The molecular formula is C22H21N3O. The standard InChI is InChI=1S/C22H21N3O/c26-22(16-25-13-5-9-19-7-3-4-10-21(19)25)24-23-15-17-11-12-18-6-1-2-8-20(18)14-17/h1-4,6-8,10-12,14-15H,5,9,13,16H2,(H,24,26)/b23-15-. The van der Waals surface area contributed by atoms with E-state index in [0.717, 1.165) is 36.0 Å².